The molecular weight excluding hydrogens is 273 g/mol. The van der Waals surface area contributed by atoms with Crippen molar-refractivity contribution in [3.05, 3.63) is 35.5 Å². The first-order valence-corrected chi connectivity index (χ1v) is 6.24. The second kappa shape index (κ2) is 6.08. The highest BCUT2D eigenvalue weighted by Gasteiger charge is 2.32. The van der Waals surface area contributed by atoms with Crippen LogP contribution in [0.15, 0.2) is 23.0 Å². The summed E-state index contributed by atoms with van der Waals surface area (Å²) in [6, 6.07) is 1.71. The molecule has 0 spiro atoms. The van der Waals surface area contributed by atoms with E-state index in [2.05, 4.69) is 22.5 Å². The molecule has 0 aliphatic rings. The van der Waals surface area contributed by atoms with E-state index < -0.39 is 11.7 Å². The molecule has 1 N–H and O–H groups in total. The SMILES string of the molecule is CCCNCc1cc(Cn2cc(C(F)(F)F)cn2)on1. The van der Waals surface area contributed by atoms with Gasteiger partial charge in [-0.3, -0.25) is 4.68 Å². The summed E-state index contributed by atoms with van der Waals surface area (Å²) in [5.74, 6) is 0.468. The van der Waals surface area contributed by atoms with Crippen LogP contribution in [0.5, 0.6) is 0 Å². The zero-order valence-corrected chi connectivity index (χ0v) is 10.9. The molecule has 110 valence electrons. The maximum atomic E-state index is 12.4. The molecule has 8 heteroatoms. The maximum absolute atomic E-state index is 12.4. The monoisotopic (exact) mass is 288 g/mol. The van der Waals surface area contributed by atoms with Gasteiger partial charge in [0, 0.05) is 18.8 Å². The minimum atomic E-state index is -4.38. The number of rotatable bonds is 6. The van der Waals surface area contributed by atoms with E-state index in [4.69, 9.17) is 4.52 Å². The maximum Gasteiger partial charge on any atom is 0.419 e. The summed E-state index contributed by atoms with van der Waals surface area (Å²) in [6.45, 7) is 3.62. The molecular formula is C12H15F3N4O. The fourth-order valence-corrected chi connectivity index (χ4v) is 1.66. The van der Waals surface area contributed by atoms with E-state index >= 15 is 0 Å². The number of aromatic nitrogens is 3. The molecule has 2 aromatic heterocycles. The average Bonchev–Trinajstić information content (AvgIpc) is 2.99. The average molecular weight is 288 g/mol. The van der Waals surface area contributed by atoms with Gasteiger partial charge in [-0.1, -0.05) is 12.1 Å². The zero-order valence-electron chi connectivity index (χ0n) is 10.9. The van der Waals surface area contributed by atoms with Gasteiger partial charge in [0.05, 0.1) is 17.5 Å². The van der Waals surface area contributed by atoms with Crippen LogP contribution in [-0.2, 0) is 19.3 Å². The van der Waals surface area contributed by atoms with E-state index in [1.165, 1.54) is 4.68 Å². The van der Waals surface area contributed by atoms with E-state index in [0.29, 0.717) is 12.3 Å². The van der Waals surface area contributed by atoms with Crippen molar-refractivity contribution in [2.45, 2.75) is 32.6 Å². The molecule has 0 aromatic carbocycles. The van der Waals surface area contributed by atoms with Gasteiger partial charge >= 0.3 is 6.18 Å². The fourth-order valence-electron chi connectivity index (χ4n) is 1.66. The minimum absolute atomic E-state index is 0.122. The zero-order chi connectivity index (χ0) is 14.6. The third kappa shape index (κ3) is 3.83. The van der Waals surface area contributed by atoms with Gasteiger partial charge < -0.3 is 9.84 Å². The van der Waals surface area contributed by atoms with Crippen LogP contribution in [0.25, 0.3) is 0 Å². The largest absolute Gasteiger partial charge is 0.419 e. The fraction of sp³-hybridized carbons (Fsp3) is 0.500. The van der Waals surface area contributed by atoms with Crippen LogP contribution in [0.3, 0.4) is 0 Å². The van der Waals surface area contributed by atoms with Gasteiger partial charge in [-0.15, -0.1) is 0 Å². The molecule has 0 saturated carbocycles. The topological polar surface area (TPSA) is 55.9 Å². The quantitative estimate of drug-likeness (QED) is 0.829. The van der Waals surface area contributed by atoms with E-state index in [1.54, 1.807) is 6.07 Å². The molecule has 2 heterocycles. The van der Waals surface area contributed by atoms with Crippen LogP contribution < -0.4 is 5.32 Å². The van der Waals surface area contributed by atoms with Crippen LogP contribution in [-0.4, -0.2) is 21.5 Å². The first-order valence-electron chi connectivity index (χ1n) is 6.24. The van der Waals surface area contributed by atoms with Gasteiger partial charge in [0.15, 0.2) is 5.76 Å². The molecule has 0 unspecified atom stereocenters. The van der Waals surface area contributed by atoms with Gasteiger partial charge in [-0.2, -0.15) is 18.3 Å². The summed E-state index contributed by atoms with van der Waals surface area (Å²) in [7, 11) is 0. The van der Waals surface area contributed by atoms with E-state index in [9.17, 15) is 13.2 Å². The number of hydrogen-bond donors (Lipinski definition) is 1. The molecule has 2 aromatic rings. The van der Waals surface area contributed by atoms with Crippen LogP contribution >= 0.6 is 0 Å². The summed E-state index contributed by atoms with van der Waals surface area (Å²) in [5.41, 5.74) is -0.0569. The van der Waals surface area contributed by atoms with Crippen molar-refractivity contribution in [1.82, 2.24) is 20.3 Å². The predicted molar refractivity (Wildman–Crippen MR) is 64.8 cm³/mol. The normalized spacial score (nSPS) is 12.0. The standard InChI is InChI=1S/C12H15F3N4O/c1-2-3-16-6-10-4-11(20-18-10)8-19-7-9(5-17-19)12(13,14)15/h4-5,7,16H,2-3,6,8H2,1H3. The number of alkyl halides is 3. The number of nitrogens with zero attached hydrogens (tertiary/aromatic N) is 3. The summed E-state index contributed by atoms with van der Waals surface area (Å²) in [4.78, 5) is 0. The summed E-state index contributed by atoms with van der Waals surface area (Å²) in [5, 5.41) is 10.7. The molecule has 2 rings (SSSR count). The summed E-state index contributed by atoms with van der Waals surface area (Å²) in [6.07, 6.45) is -1.63. The van der Waals surface area contributed by atoms with Crippen LogP contribution in [0.1, 0.15) is 30.4 Å². The molecule has 0 aliphatic carbocycles. The predicted octanol–water partition coefficient (Wildman–Crippen LogP) is 2.44. The minimum Gasteiger partial charge on any atom is -0.359 e. The third-order valence-corrected chi connectivity index (χ3v) is 2.62. The van der Waals surface area contributed by atoms with Gasteiger partial charge in [-0.25, -0.2) is 0 Å². The Hall–Kier alpha value is -1.83. The van der Waals surface area contributed by atoms with E-state index in [0.717, 1.165) is 31.1 Å². The number of halogens is 3. The second-order valence-electron chi connectivity index (χ2n) is 4.39. The highest BCUT2D eigenvalue weighted by molar-refractivity contribution is 5.10. The number of hydrogen-bond acceptors (Lipinski definition) is 4. The van der Waals surface area contributed by atoms with Crippen molar-refractivity contribution in [2.75, 3.05) is 6.54 Å². The van der Waals surface area contributed by atoms with Crippen molar-refractivity contribution in [1.29, 1.82) is 0 Å². The van der Waals surface area contributed by atoms with Crippen molar-refractivity contribution in [2.24, 2.45) is 0 Å². The Labute approximate surface area is 113 Å². The first kappa shape index (κ1) is 14.6. The van der Waals surface area contributed by atoms with Crippen molar-refractivity contribution >= 4 is 0 Å². The summed E-state index contributed by atoms with van der Waals surface area (Å²) >= 11 is 0. The Morgan fingerprint density at radius 1 is 1.40 bits per heavy atom. The highest BCUT2D eigenvalue weighted by Crippen LogP contribution is 2.28. The lowest BCUT2D eigenvalue weighted by Crippen LogP contribution is -2.13. The molecule has 0 bridgehead atoms. The van der Waals surface area contributed by atoms with Gasteiger partial charge in [0.2, 0.25) is 0 Å². The van der Waals surface area contributed by atoms with Crippen molar-refractivity contribution in [3.63, 3.8) is 0 Å². The highest BCUT2D eigenvalue weighted by atomic mass is 19.4. The van der Waals surface area contributed by atoms with E-state index in [1.807, 2.05) is 0 Å². The molecule has 0 saturated heterocycles. The lowest BCUT2D eigenvalue weighted by molar-refractivity contribution is -0.137. The van der Waals surface area contributed by atoms with Crippen LogP contribution in [0.4, 0.5) is 13.2 Å². The Morgan fingerprint density at radius 2 is 2.20 bits per heavy atom. The van der Waals surface area contributed by atoms with E-state index in [-0.39, 0.29) is 6.54 Å². The Kier molecular flexibility index (Phi) is 4.43. The first-order chi connectivity index (χ1) is 9.49. The lowest BCUT2D eigenvalue weighted by Gasteiger charge is -2.00. The van der Waals surface area contributed by atoms with Gasteiger partial charge in [0.1, 0.15) is 6.54 Å². The Morgan fingerprint density at radius 3 is 2.85 bits per heavy atom. The second-order valence-corrected chi connectivity index (χ2v) is 4.39. The Balaban J connectivity index is 1.95. The molecule has 0 atom stereocenters. The van der Waals surface area contributed by atoms with Crippen LogP contribution in [0.2, 0.25) is 0 Å². The number of nitrogens with one attached hydrogen (secondary N) is 1. The molecule has 0 fully saturated rings. The lowest BCUT2D eigenvalue weighted by atomic mass is 10.3. The molecule has 5 nitrogen and oxygen atoms in total. The van der Waals surface area contributed by atoms with Crippen molar-refractivity contribution < 1.29 is 17.7 Å². The summed E-state index contributed by atoms with van der Waals surface area (Å²) < 4.78 is 43.5. The molecule has 0 amide bonds. The van der Waals surface area contributed by atoms with Gasteiger partial charge in [-0.05, 0) is 13.0 Å². The molecule has 20 heavy (non-hydrogen) atoms. The van der Waals surface area contributed by atoms with Crippen molar-refractivity contribution in [3.8, 4) is 0 Å². The third-order valence-electron chi connectivity index (χ3n) is 2.62. The smallest absolute Gasteiger partial charge is 0.359 e. The molecule has 0 radical (unpaired) electrons. The van der Waals surface area contributed by atoms with Crippen LogP contribution in [0, 0.1) is 0 Å². The molecule has 0 aliphatic heterocycles. The Bertz CT molecular complexity index is 547. The van der Waals surface area contributed by atoms with Gasteiger partial charge in [0.25, 0.3) is 0 Å².